The standard InChI is InChI=1S/C28H27N3O4S/c1-19-5-3-7-23(15-19)36(33,34)31-17-22(10-12-27(32)28(18-29)13-14-28)35-26-11-9-21(16-25(26)31)24-8-4-6-20(2)30-24/h3-9,11,15-16,22H,10,12-14,17H2,1-2H3/t22-/m0/s1. The van der Waals surface area contributed by atoms with Crippen LogP contribution in [0.1, 0.15) is 36.9 Å². The average Bonchev–Trinajstić information content (AvgIpc) is 3.68. The Balaban J connectivity index is 1.51. The number of ketones is 1. The number of pyridine rings is 1. The molecular formula is C28H27N3O4S. The molecule has 0 bridgehead atoms. The van der Waals surface area contributed by atoms with E-state index in [4.69, 9.17) is 4.74 Å². The summed E-state index contributed by atoms with van der Waals surface area (Å²) in [5, 5.41) is 9.33. The Kier molecular flexibility index (Phi) is 6.05. The molecule has 2 aromatic carbocycles. The third kappa shape index (κ3) is 4.47. The second kappa shape index (κ2) is 9.07. The summed E-state index contributed by atoms with van der Waals surface area (Å²) >= 11 is 0. The molecule has 3 aromatic rings. The van der Waals surface area contributed by atoms with E-state index in [-0.39, 0.29) is 23.6 Å². The highest BCUT2D eigenvalue weighted by atomic mass is 32.2. The van der Waals surface area contributed by atoms with Gasteiger partial charge in [-0.15, -0.1) is 0 Å². The van der Waals surface area contributed by atoms with Crippen LogP contribution in [0.15, 0.2) is 65.6 Å². The Hall–Kier alpha value is -3.70. The summed E-state index contributed by atoms with van der Waals surface area (Å²) in [5.41, 5.74) is 2.82. The number of Topliss-reactive ketones (excluding diaryl/α,β-unsaturated/α-hetero) is 1. The van der Waals surface area contributed by atoms with Gasteiger partial charge in [-0.05, 0) is 81.1 Å². The largest absolute Gasteiger partial charge is 0.486 e. The smallest absolute Gasteiger partial charge is 0.264 e. The summed E-state index contributed by atoms with van der Waals surface area (Å²) in [6, 6.07) is 20.1. The number of hydrogen-bond acceptors (Lipinski definition) is 6. The highest BCUT2D eigenvalue weighted by Crippen LogP contribution is 2.47. The number of fused-ring (bicyclic) bond motifs is 1. The van der Waals surface area contributed by atoms with Gasteiger partial charge < -0.3 is 4.74 Å². The summed E-state index contributed by atoms with van der Waals surface area (Å²) in [4.78, 5) is 17.4. The number of aryl methyl sites for hydroxylation is 2. The van der Waals surface area contributed by atoms with E-state index >= 15 is 0 Å². The molecule has 2 aliphatic rings. The van der Waals surface area contributed by atoms with Crippen LogP contribution in [0.2, 0.25) is 0 Å². The minimum atomic E-state index is -3.90. The Morgan fingerprint density at radius 2 is 1.92 bits per heavy atom. The number of nitrogens with zero attached hydrogens (tertiary/aromatic N) is 3. The number of sulfonamides is 1. The van der Waals surface area contributed by atoms with E-state index < -0.39 is 21.5 Å². The number of carbonyl (C=O) groups is 1. The molecule has 1 saturated carbocycles. The normalized spacial score (nSPS) is 18.0. The van der Waals surface area contributed by atoms with Gasteiger partial charge in [0, 0.05) is 17.7 Å². The Morgan fingerprint density at radius 1 is 1.14 bits per heavy atom. The quantitative estimate of drug-likeness (QED) is 0.453. The maximum absolute atomic E-state index is 13.8. The Labute approximate surface area is 211 Å². The van der Waals surface area contributed by atoms with E-state index in [1.54, 1.807) is 30.3 Å². The molecule has 0 saturated heterocycles. The van der Waals surface area contributed by atoms with Crippen molar-refractivity contribution in [2.75, 3.05) is 10.8 Å². The molecule has 7 nitrogen and oxygen atoms in total. The van der Waals surface area contributed by atoms with E-state index in [0.29, 0.717) is 30.7 Å². The van der Waals surface area contributed by atoms with Gasteiger partial charge in [-0.25, -0.2) is 8.42 Å². The molecule has 36 heavy (non-hydrogen) atoms. The summed E-state index contributed by atoms with van der Waals surface area (Å²) in [6.07, 6.45) is 1.19. The molecule has 0 unspecified atom stereocenters. The van der Waals surface area contributed by atoms with E-state index in [9.17, 15) is 18.5 Å². The van der Waals surface area contributed by atoms with Gasteiger partial charge in [0.25, 0.3) is 10.0 Å². The number of anilines is 1. The maximum Gasteiger partial charge on any atom is 0.264 e. The first-order chi connectivity index (χ1) is 17.2. The van der Waals surface area contributed by atoms with Gasteiger partial charge >= 0.3 is 0 Å². The van der Waals surface area contributed by atoms with Gasteiger partial charge in [0.05, 0.1) is 28.9 Å². The van der Waals surface area contributed by atoms with Crippen LogP contribution < -0.4 is 9.04 Å². The number of benzene rings is 2. The lowest BCUT2D eigenvalue weighted by atomic mass is 9.97. The number of aromatic nitrogens is 1. The van der Waals surface area contributed by atoms with Crippen molar-refractivity contribution < 1.29 is 17.9 Å². The summed E-state index contributed by atoms with van der Waals surface area (Å²) in [5.74, 6) is 0.348. The Bertz CT molecular complexity index is 1490. The first-order valence-electron chi connectivity index (χ1n) is 12.0. The van der Waals surface area contributed by atoms with Gasteiger partial charge in [0.1, 0.15) is 17.3 Å². The molecule has 2 heterocycles. The zero-order chi connectivity index (χ0) is 25.5. The highest BCUT2D eigenvalue weighted by Gasteiger charge is 2.49. The topological polar surface area (TPSA) is 100 Å². The fraction of sp³-hybridized carbons (Fsp3) is 0.321. The molecule has 0 radical (unpaired) electrons. The van der Waals surface area contributed by atoms with Crippen LogP contribution in [-0.2, 0) is 14.8 Å². The molecule has 8 heteroatoms. The average molecular weight is 502 g/mol. The molecule has 184 valence electrons. The lowest BCUT2D eigenvalue weighted by molar-refractivity contribution is -0.122. The molecule has 0 amide bonds. The molecule has 1 aliphatic heterocycles. The zero-order valence-electron chi connectivity index (χ0n) is 20.3. The van der Waals surface area contributed by atoms with Gasteiger partial charge in [0.15, 0.2) is 5.78 Å². The number of carbonyl (C=O) groups excluding carboxylic acids is 1. The Morgan fingerprint density at radius 3 is 2.61 bits per heavy atom. The van der Waals surface area contributed by atoms with E-state index in [1.165, 1.54) is 4.31 Å². The van der Waals surface area contributed by atoms with Crippen LogP contribution in [0.3, 0.4) is 0 Å². The van der Waals surface area contributed by atoms with Crippen LogP contribution in [-0.4, -0.2) is 31.8 Å². The number of nitriles is 1. The van der Waals surface area contributed by atoms with Crippen LogP contribution >= 0.6 is 0 Å². The molecule has 1 aromatic heterocycles. The molecule has 5 rings (SSSR count). The summed E-state index contributed by atoms with van der Waals surface area (Å²) in [6.45, 7) is 3.83. The van der Waals surface area contributed by atoms with Crippen molar-refractivity contribution in [2.45, 2.75) is 50.5 Å². The van der Waals surface area contributed by atoms with Crippen molar-refractivity contribution in [2.24, 2.45) is 5.41 Å². The molecule has 1 fully saturated rings. The first kappa shape index (κ1) is 24.0. The number of ether oxygens (including phenoxy) is 1. The molecule has 0 spiro atoms. The minimum absolute atomic E-state index is 0.0702. The predicted molar refractivity (Wildman–Crippen MR) is 136 cm³/mol. The monoisotopic (exact) mass is 501 g/mol. The van der Waals surface area contributed by atoms with Crippen molar-refractivity contribution in [3.63, 3.8) is 0 Å². The van der Waals surface area contributed by atoms with E-state index in [0.717, 1.165) is 22.5 Å². The van der Waals surface area contributed by atoms with Crippen molar-refractivity contribution >= 4 is 21.5 Å². The third-order valence-corrected chi connectivity index (χ3v) is 8.62. The van der Waals surface area contributed by atoms with Gasteiger partial charge in [0.2, 0.25) is 0 Å². The van der Waals surface area contributed by atoms with Gasteiger partial charge in [-0.1, -0.05) is 18.2 Å². The van der Waals surface area contributed by atoms with Gasteiger partial charge in [-0.2, -0.15) is 5.26 Å². The lowest BCUT2D eigenvalue weighted by Crippen LogP contribution is -2.43. The summed E-state index contributed by atoms with van der Waals surface area (Å²) < 4.78 is 35.3. The zero-order valence-corrected chi connectivity index (χ0v) is 21.1. The first-order valence-corrected chi connectivity index (χ1v) is 13.4. The molecule has 1 atom stereocenters. The molecular weight excluding hydrogens is 474 g/mol. The fourth-order valence-corrected chi connectivity index (χ4v) is 6.17. The van der Waals surface area contributed by atoms with Crippen molar-refractivity contribution in [1.82, 2.24) is 4.98 Å². The van der Waals surface area contributed by atoms with Crippen LogP contribution in [0.4, 0.5) is 5.69 Å². The molecule has 0 N–H and O–H groups in total. The lowest BCUT2D eigenvalue weighted by Gasteiger charge is -2.36. The number of rotatable bonds is 7. The van der Waals surface area contributed by atoms with Gasteiger partial charge in [-0.3, -0.25) is 14.1 Å². The second-order valence-corrected chi connectivity index (χ2v) is 11.5. The van der Waals surface area contributed by atoms with Crippen LogP contribution in [0.5, 0.6) is 5.75 Å². The second-order valence-electron chi connectivity index (χ2n) is 9.59. The number of hydrogen-bond donors (Lipinski definition) is 0. The van der Waals surface area contributed by atoms with Crippen molar-refractivity contribution in [3.05, 3.63) is 71.9 Å². The fourth-order valence-electron chi connectivity index (χ4n) is 4.57. The predicted octanol–water partition coefficient (Wildman–Crippen LogP) is 4.97. The maximum atomic E-state index is 13.8. The van der Waals surface area contributed by atoms with Crippen molar-refractivity contribution in [1.29, 1.82) is 5.26 Å². The summed E-state index contributed by atoms with van der Waals surface area (Å²) in [7, 11) is -3.90. The van der Waals surface area contributed by atoms with E-state index in [1.807, 2.05) is 44.2 Å². The molecule has 1 aliphatic carbocycles. The highest BCUT2D eigenvalue weighted by molar-refractivity contribution is 7.92. The minimum Gasteiger partial charge on any atom is -0.486 e. The van der Waals surface area contributed by atoms with Crippen LogP contribution in [0.25, 0.3) is 11.3 Å². The third-order valence-electron chi connectivity index (χ3n) is 6.84. The van der Waals surface area contributed by atoms with E-state index in [2.05, 4.69) is 11.1 Å². The van der Waals surface area contributed by atoms with Crippen LogP contribution in [0, 0.1) is 30.6 Å². The SMILES string of the molecule is Cc1cccc(S(=O)(=O)N2C[C@H](CCC(=O)C3(C#N)CC3)Oc3ccc(-c4cccc(C)n4)cc32)c1. The van der Waals surface area contributed by atoms with Crippen molar-refractivity contribution in [3.8, 4) is 23.1 Å².